The minimum absolute atomic E-state index is 0.0926. The molecule has 6 nitrogen and oxygen atoms in total. The minimum Gasteiger partial charge on any atom is -0.369 e. The molecule has 0 spiro atoms. The highest BCUT2D eigenvalue weighted by molar-refractivity contribution is 5.81. The third-order valence-corrected chi connectivity index (χ3v) is 3.84. The molecular weight excluding hydrogens is 232 g/mol. The van der Waals surface area contributed by atoms with Crippen LogP contribution in [0.1, 0.15) is 19.3 Å². The van der Waals surface area contributed by atoms with Gasteiger partial charge in [0.1, 0.15) is 0 Å². The molecule has 18 heavy (non-hydrogen) atoms. The molecule has 0 saturated carbocycles. The fraction of sp³-hybridized carbons (Fsp3) is 0.833. The molecule has 1 unspecified atom stereocenters. The Morgan fingerprint density at radius 2 is 1.94 bits per heavy atom. The van der Waals surface area contributed by atoms with Crippen LogP contribution >= 0.6 is 0 Å². The third kappa shape index (κ3) is 3.20. The number of carbonyl (C=O) groups is 2. The Hall–Kier alpha value is -1.14. The van der Waals surface area contributed by atoms with Crippen LogP contribution in [0.4, 0.5) is 0 Å². The van der Waals surface area contributed by atoms with E-state index in [4.69, 9.17) is 11.5 Å². The van der Waals surface area contributed by atoms with Crippen molar-refractivity contribution in [1.29, 1.82) is 0 Å². The van der Waals surface area contributed by atoms with Crippen molar-refractivity contribution in [2.24, 2.45) is 17.4 Å². The fourth-order valence-electron chi connectivity index (χ4n) is 2.73. The second-order valence-corrected chi connectivity index (χ2v) is 5.37. The molecule has 0 aliphatic carbocycles. The van der Waals surface area contributed by atoms with Gasteiger partial charge in [0.25, 0.3) is 0 Å². The fourth-order valence-corrected chi connectivity index (χ4v) is 2.73. The number of likely N-dealkylation sites (tertiary alicyclic amines) is 2. The van der Waals surface area contributed by atoms with E-state index in [1.165, 1.54) is 0 Å². The van der Waals surface area contributed by atoms with Gasteiger partial charge < -0.3 is 16.4 Å². The SMILES string of the molecule is NC(=O)C1CCCN(C(=O)CN2CC[C@H](N)C2)C1. The summed E-state index contributed by atoms with van der Waals surface area (Å²) in [5.74, 6) is -0.380. The van der Waals surface area contributed by atoms with Gasteiger partial charge in [-0.05, 0) is 19.3 Å². The van der Waals surface area contributed by atoms with E-state index in [9.17, 15) is 9.59 Å². The van der Waals surface area contributed by atoms with Crippen LogP contribution in [0.15, 0.2) is 0 Å². The van der Waals surface area contributed by atoms with Crippen molar-refractivity contribution in [3.63, 3.8) is 0 Å². The molecule has 2 heterocycles. The number of carbonyl (C=O) groups excluding carboxylic acids is 2. The lowest BCUT2D eigenvalue weighted by molar-refractivity contribution is -0.135. The van der Waals surface area contributed by atoms with Crippen molar-refractivity contribution in [3.05, 3.63) is 0 Å². The standard InChI is InChI=1S/C12H22N4O2/c13-10-3-5-15(7-10)8-11(17)16-4-1-2-9(6-16)12(14)18/h9-10H,1-8,13H2,(H2,14,18)/t9?,10-/m0/s1. The van der Waals surface area contributed by atoms with Gasteiger partial charge in [0, 0.05) is 32.2 Å². The number of nitrogens with zero attached hydrogens (tertiary/aromatic N) is 2. The Kier molecular flexibility index (Phi) is 4.19. The zero-order valence-corrected chi connectivity index (χ0v) is 10.7. The number of amides is 2. The van der Waals surface area contributed by atoms with Gasteiger partial charge in [-0.1, -0.05) is 0 Å². The Bertz CT molecular complexity index is 334. The highest BCUT2D eigenvalue weighted by atomic mass is 16.2. The third-order valence-electron chi connectivity index (χ3n) is 3.84. The van der Waals surface area contributed by atoms with Gasteiger partial charge in [0.2, 0.25) is 11.8 Å². The van der Waals surface area contributed by atoms with Crippen molar-refractivity contribution >= 4 is 11.8 Å². The molecule has 2 saturated heterocycles. The number of rotatable bonds is 3. The van der Waals surface area contributed by atoms with Gasteiger partial charge in [-0.3, -0.25) is 14.5 Å². The second kappa shape index (κ2) is 5.67. The van der Waals surface area contributed by atoms with Gasteiger partial charge >= 0.3 is 0 Å². The van der Waals surface area contributed by atoms with Crippen molar-refractivity contribution < 1.29 is 9.59 Å². The quantitative estimate of drug-likeness (QED) is 0.657. The molecule has 4 N–H and O–H groups in total. The molecule has 2 aliphatic rings. The predicted octanol–water partition coefficient (Wildman–Crippen LogP) is -1.26. The Balaban J connectivity index is 1.83. The van der Waals surface area contributed by atoms with Crippen LogP contribution in [-0.4, -0.2) is 60.4 Å². The van der Waals surface area contributed by atoms with Crippen LogP contribution in [0.3, 0.4) is 0 Å². The first-order chi connectivity index (χ1) is 8.56. The molecular formula is C12H22N4O2. The van der Waals surface area contributed by atoms with Gasteiger partial charge in [-0.25, -0.2) is 0 Å². The Morgan fingerprint density at radius 1 is 1.17 bits per heavy atom. The molecule has 2 atom stereocenters. The van der Waals surface area contributed by atoms with Crippen molar-refractivity contribution in [2.45, 2.75) is 25.3 Å². The summed E-state index contributed by atoms with van der Waals surface area (Å²) in [6.45, 7) is 3.31. The van der Waals surface area contributed by atoms with Crippen LogP contribution in [0.2, 0.25) is 0 Å². The smallest absolute Gasteiger partial charge is 0.236 e. The summed E-state index contributed by atoms with van der Waals surface area (Å²) in [5.41, 5.74) is 11.1. The average Bonchev–Trinajstić information content (AvgIpc) is 2.75. The topological polar surface area (TPSA) is 92.7 Å². The van der Waals surface area contributed by atoms with Gasteiger partial charge in [0.05, 0.1) is 12.5 Å². The normalized spacial score (nSPS) is 29.5. The van der Waals surface area contributed by atoms with E-state index < -0.39 is 0 Å². The molecule has 0 bridgehead atoms. The first kappa shape index (κ1) is 13.3. The summed E-state index contributed by atoms with van der Waals surface area (Å²) in [6.07, 6.45) is 2.61. The summed E-state index contributed by atoms with van der Waals surface area (Å²) in [4.78, 5) is 27.1. The highest BCUT2D eigenvalue weighted by Crippen LogP contribution is 2.17. The molecule has 0 aromatic heterocycles. The average molecular weight is 254 g/mol. The van der Waals surface area contributed by atoms with Crippen molar-refractivity contribution in [3.8, 4) is 0 Å². The van der Waals surface area contributed by atoms with E-state index in [0.717, 1.165) is 38.9 Å². The molecule has 6 heteroatoms. The van der Waals surface area contributed by atoms with E-state index in [1.807, 2.05) is 0 Å². The van der Waals surface area contributed by atoms with E-state index in [0.29, 0.717) is 13.1 Å². The highest BCUT2D eigenvalue weighted by Gasteiger charge is 2.29. The first-order valence-electron chi connectivity index (χ1n) is 6.61. The van der Waals surface area contributed by atoms with Crippen LogP contribution in [0.5, 0.6) is 0 Å². The molecule has 0 aromatic rings. The Labute approximate surface area is 107 Å². The molecule has 2 fully saturated rings. The van der Waals surface area contributed by atoms with Crippen LogP contribution in [0, 0.1) is 5.92 Å². The van der Waals surface area contributed by atoms with E-state index in [1.54, 1.807) is 4.90 Å². The predicted molar refractivity (Wildman–Crippen MR) is 67.5 cm³/mol. The summed E-state index contributed by atoms with van der Waals surface area (Å²) in [7, 11) is 0. The zero-order valence-electron chi connectivity index (χ0n) is 10.7. The maximum absolute atomic E-state index is 12.1. The maximum atomic E-state index is 12.1. The van der Waals surface area contributed by atoms with Crippen LogP contribution < -0.4 is 11.5 Å². The van der Waals surface area contributed by atoms with Crippen molar-refractivity contribution in [2.75, 3.05) is 32.7 Å². The van der Waals surface area contributed by atoms with E-state index >= 15 is 0 Å². The van der Waals surface area contributed by atoms with Crippen LogP contribution in [-0.2, 0) is 9.59 Å². The monoisotopic (exact) mass is 254 g/mol. The summed E-state index contributed by atoms with van der Waals surface area (Å²) in [6, 6.07) is 0.192. The summed E-state index contributed by atoms with van der Waals surface area (Å²) < 4.78 is 0. The summed E-state index contributed by atoms with van der Waals surface area (Å²) in [5, 5.41) is 0. The van der Waals surface area contributed by atoms with E-state index in [2.05, 4.69) is 4.90 Å². The minimum atomic E-state index is -0.296. The Morgan fingerprint density at radius 3 is 2.56 bits per heavy atom. The number of hydrogen-bond acceptors (Lipinski definition) is 4. The molecule has 2 amide bonds. The maximum Gasteiger partial charge on any atom is 0.236 e. The molecule has 2 rings (SSSR count). The van der Waals surface area contributed by atoms with Crippen molar-refractivity contribution in [1.82, 2.24) is 9.80 Å². The zero-order chi connectivity index (χ0) is 13.1. The number of piperidine rings is 1. The van der Waals surface area contributed by atoms with Crippen LogP contribution in [0.25, 0.3) is 0 Å². The molecule has 102 valence electrons. The first-order valence-corrected chi connectivity index (χ1v) is 6.61. The molecule has 0 aromatic carbocycles. The lowest BCUT2D eigenvalue weighted by Gasteiger charge is -2.32. The number of primary amides is 1. The second-order valence-electron chi connectivity index (χ2n) is 5.37. The molecule has 2 aliphatic heterocycles. The number of nitrogens with two attached hydrogens (primary N) is 2. The number of hydrogen-bond donors (Lipinski definition) is 2. The summed E-state index contributed by atoms with van der Waals surface area (Å²) >= 11 is 0. The lowest BCUT2D eigenvalue weighted by Crippen LogP contribution is -2.47. The van der Waals surface area contributed by atoms with E-state index in [-0.39, 0.29) is 23.8 Å². The van der Waals surface area contributed by atoms with Gasteiger partial charge in [-0.2, -0.15) is 0 Å². The molecule has 0 radical (unpaired) electrons. The van der Waals surface area contributed by atoms with Gasteiger partial charge in [0.15, 0.2) is 0 Å². The lowest BCUT2D eigenvalue weighted by atomic mass is 9.97. The van der Waals surface area contributed by atoms with Gasteiger partial charge in [-0.15, -0.1) is 0 Å². The largest absolute Gasteiger partial charge is 0.369 e.